The number of halogens is 1. The average Bonchev–Trinajstić information content (AvgIpc) is 2.54. The van der Waals surface area contributed by atoms with Gasteiger partial charge in [0.05, 0.1) is 17.7 Å². The average molecular weight is 269 g/mol. The SMILES string of the molecule is CC(C)(O)Cn1nc(C(=O)O)c2cc(Cl)ccc21. The third-order valence-electron chi connectivity index (χ3n) is 2.45. The van der Waals surface area contributed by atoms with Crippen LogP contribution in [0, 0.1) is 0 Å². The van der Waals surface area contributed by atoms with Gasteiger partial charge in [0.15, 0.2) is 5.69 Å². The van der Waals surface area contributed by atoms with Crippen molar-refractivity contribution in [2.45, 2.75) is 26.0 Å². The zero-order valence-electron chi connectivity index (χ0n) is 10.0. The van der Waals surface area contributed by atoms with Gasteiger partial charge in [-0.05, 0) is 32.0 Å². The van der Waals surface area contributed by atoms with E-state index in [1.165, 1.54) is 4.68 Å². The van der Waals surface area contributed by atoms with E-state index in [4.69, 9.17) is 16.7 Å². The highest BCUT2D eigenvalue weighted by Crippen LogP contribution is 2.24. The monoisotopic (exact) mass is 268 g/mol. The molecule has 0 saturated heterocycles. The number of hydrogen-bond acceptors (Lipinski definition) is 3. The fraction of sp³-hybridized carbons (Fsp3) is 0.333. The third-order valence-corrected chi connectivity index (χ3v) is 2.69. The van der Waals surface area contributed by atoms with E-state index in [9.17, 15) is 9.90 Å². The molecule has 1 aromatic heterocycles. The van der Waals surface area contributed by atoms with Crippen molar-refractivity contribution in [2.24, 2.45) is 0 Å². The summed E-state index contributed by atoms with van der Waals surface area (Å²) in [6.07, 6.45) is 0. The number of carbonyl (C=O) groups is 1. The minimum absolute atomic E-state index is 0.0586. The highest BCUT2D eigenvalue weighted by Gasteiger charge is 2.21. The van der Waals surface area contributed by atoms with Crippen LogP contribution in [0.1, 0.15) is 24.3 Å². The van der Waals surface area contributed by atoms with E-state index in [1.807, 2.05) is 0 Å². The molecule has 96 valence electrons. The number of nitrogens with zero attached hydrogens (tertiary/aromatic N) is 2. The van der Waals surface area contributed by atoms with Crippen molar-refractivity contribution >= 4 is 28.5 Å². The van der Waals surface area contributed by atoms with Crippen LogP contribution in [0.15, 0.2) is 18.2 Å². The summed E-state index contributed by atoms with van der Waals surface area (Å²) in [7, 11) is 0. The van der Waals surface area contributed by atoms with Crippen LogP contribution in [0.2, 0.25) is 5.02 Å². The lowest BCUT2D eigenvalue weighted by atomic mass is 10.1. The first kappa shape index (κ1) is 12.9. The Balaban J connectivity index is 2.65. The number of fused-ring (bicyclic) bond motifs is 1. The van der Waals surface area contributed by atoms with Crippen molar-refractivity contribution < 1.29 is 15.0 Å². The van der Waals surface area contributed by atoms with Gasteiger partial charge in [-0.2, -0.15) is 5.10 Å². The maximum absolute atomic E-state index is 11.1. The van der Waals surface area contributed by atoms with Crippen molar-refractivity contribution in [2.75, 3.05) is 0 Å². The third kappa shape index (κ3) is 2.47. The molecule has 0 fully saturated rings. The van der Waals surface area contributed by atoms with E-state index in [1.54, 1.807) is 32.0 Å². The van der Waals surface area contributed by atoms with Gasteiger partial charge in [-0.15, -0.1) is 0 Å². The highest BCUT2D eigenvalue weighted by atomic mass is 35.5. The number of benzene rings is 1. The molecule has 6 heteroatoms. The smallest absolute Gasteiger partial charge is 0.357 e. The molecule has 0 bridgehead atoms. The molecule has 0 unspecified atom stereocenters. The van der Waals surface area contributed by atoms with E-state index in [2.05, 4.69) is 5.10 Å². The number of carboxylic acids is 1. The van der Waals surface area contributed by atoms with Crippen LogP contribution in [0.3, 0.4) is 0 Å². The van der Waals surface area contributed by atoms with E-state index >= 15 is 0 Å². The van der Waals surface area contributed by atoms with Gasteiger partial charge >= 0.3 is 5.97 Å². The number of rotatable bonds is 3. The van der Waals surface area contributed by atoms with E-state index in [0.717, 1.165) is 0 Å². The fourth-order valence-corrected chi connectivity index (χ4v) is 1.97. The quantitative estimate of drug-likeness (QED) is 0.894. The number of carboxylic acid groups (broad SMARTS) is 1. The molecule has 0 aliphatic carbocycles. The van der Waals surface area contributed by atoms with E-state index in [-0.39, 0.29) is 12.2 Å². The first-order chi connectivity index (χ1) is 8.28. The second-order valence-corrected chi connectivity index (χ2v) is 5.22. The molecule has 0 radical (unpaired) electrons. The number of hydrogen-bond donors (Lipinski definition) is 2. The van der Waals surface area contributed by atoms with Crippen LogP contribution in [0.25, 0.3) is 10.9 Å². The summed E-state index contributed by atoms with van der Waals surface area (Å²) in [5.41, 5.74) is -0.398. The van der Waals surface area contributed by atoms with Crippen LogP contribution in [0.4, 0.5) is 0 Å². The lowest BCUT2D eigenvalue weighted by Gasteiger charge is -2.17. The Morgan fingerprint density at radius 1 is 1.50 bits per heavy atom. The summed E-state index contributed by atoms with van der Waals surface area (Å²) in [4.78, 5) is 11.1. The van der Waals surface area contributed by atoms with Gasteiger partial charge in [0, 0.05) is 10.4 Å². The first-order valence-electron chi connectivity index (χ1n) is 5.40. The Hall–Kier alpha value is -1.59. The van der Waals surface area contributed by atoms with Crippen LogP contribution in [0.5, 0.6) is 0 Å². The number of aromatic carboxylic acids is 1. The molecule has 0 aliphatic rings. The summed E-state index contributed by atoms with van der Waals surface area (Å²) >= 11 is 5.86. The Bertz CT molecular complexity index is 614. The molecule has 0 atom stereocenters. The predicted octanol–water partition coefficient (Wildman–Crippen LogP) is 2.16. The lowest BCUT2D eigenvalue weighted by molar-refractivity contribution is 0.0576. The highest BCUT2D eigenvalue weighted by molar-refractivity contribution is 6.31. The van der Waals surface area contributed by atoms with Crippen molar-refractivity contribution in [3.05, 3.63) is 28.9 Å². The summed E-state index contributed by atoms with van der Waals surface area (Å²) in [6, 6.07) is 4.93. The Labute approximate surface area is 109 Å². The minimum atomic E-state index is -1.11. The van der Waals surface area contributed by atoms with Crippen molar-refractivity contribution in [3.8, 4) is 0 Å². The second-order valence-electron chi connectivity index (χ2n) is 4.79. The van der Waals surface area contributed by atoms with Crippen molar-refractivity contribution in [3.63, 3.8) is 0 Å². The largest absolute Gasteiger partial charge is 0.476 e. The zero-order valence-corrected chi connectivity index (χ0v) is 10.8. The van der Waals surface area contributed by atoms with Gasteiger partial charge in [0.25, 0.3) is 0 Å². The lowest BCUT2D eigenvalue weighted by Crippen LogP contribution is -2.26. The molecule has 2 aromatic rings. The maximum atomic E-state index is 11.1. The van der Waals surface area contributed by atoms with Crippen molar-refractivity contribution in [1.82, 2.24) is 9.78 Å². The standard InChI is InChI=1S/C12H13ClN2O3/c1-12(2,18)6-15-9-4-3-7(13)5-8(9)10(14-15)11(16)17/h3-5,18H,6H2,1-2H3,(H,16,17). The Morgan fingerprint density at radius 2 is 2.17 bits per heavy atom. The predicted molar refractivity (Wildman–Crippen MR) is 68.0 cm³/mol. The molecule has 5 nitrogen and oxygen atoms in total. The van der Waals surface area contributed by atoms with Gasteiger partial charge in [-0.1, -0.05) is 11.6 Å². The molecule has 2 rings (SSSR count). The summed E-state index contributed by atoms with van der Waals surface area (Å²) in [5.74, 6) is -1.11. The minimum Gasteiger partial charge on any atom is -0.476 e. The van der Waals surface area contributed by atoms with Crippen LogP contribution in [-0.4, -0.2) is 31.6 Å². The normalized spacial score (nSPS) is 12.0. The first-order valence-corrected chi connectivity index (χ1v) is 5.77. The zero-order chi connectivity index (χ0) is 13.5. The van der Waals surface area contributed by atoms with Crippen molar-refractivity contribution in [1.29, 1.82) is 0 Å². The second kappa shape index (κ2) is 4.26. The molecule has 2 N–H and O–H groups in total. The van der Waals surface area contributed by atoms with Gasteiger partial charge in [-0.25, -0.2) is 4.79 Å². The van der Waals surface area contributed by atoms with Gasteiger partial charge in [-0.3, -0.25) is 4.68 Å². The van der Waals surface area contributed by atoms with E-state index < -0.39 is 11.6 Å². The number of aromatic nitrogens is 2. The van der Waals surface area contributed by atoms with Crippen LogP contribution >= 0.6 is 11.6 Å². The molecule has 18 heavy (non-hydrogen) atoms. The molecule has 1 aromatic carbocycles. The van der Waals surface area contributed by atoms with Crippen LogP contribution in [-0.2, 0) is 6.54 Å². The molecule has 0 amide bonds. The molecular formula is C12H13ClN2O3. The molecular weight excluding hydrogens is 256 g/mol. The Morgan fingerprint density at radius 3 is 2.72 bits per heavy atom. The topological polar surface area (TPSA) is 75.3 Å². The fourth-order valence-electron chi connectivity index (χ4n) is 1.80. The molecule has 0 saturated carbocycles. The summed E-state index contributed by atoms with van der Waals surface area (Å²) < 4.78 is 1.48. The molecule has 0 aliphatic heterocycles. The summed E-state index contributed by atoms with van der Waals surface area (Å²) in [6.45, 7) is 3.48. The van der Waals surface area contributed by atoms with Gasteiger partial charge in [0.2, 0.25) is 0 Å². The van der Waals surface area contributed by atoms with Gasteiger partial charge < -0.3 is 10.2 Å². The Kier molecular flexibility index (Phi) is 3.04. The maximum Gasteiger partial charge on any atom is 0.357 e. The molecule has 0 spiro atoms. The summed E-state index contributed by atoms with van der Waals surface area (Å²) in [5, 5.41) is 23.8. The van der Waals surface area contributed by atoms with E-state index in [0.29, 0.717) is 15.9 Å². The van der Waals surface area contributed by atoms with Gasteiger partial charge in [0.1, 0.15) is 0 Å². The molecule has 1 heterocycles. The number of aliphatic hydroxyl groups is 1. The van der Waals surface area contributed by atoms with Crippen LogP contribution < -0.4 is 0 Å².